The second-order valence-electron chi connectivity index (χ2n) is 4.03. The summed E-state index contributed by atoms with van der Waals surface area (Å²) in [6.07, 6.45) is 1.52. The number of hydrogen-bond acceptors (Lipinski definition) is 3. The second-order valence-corrected chi connectivity index (χ2v) is 4.41. The Morgan fingerprint density at radius 2 is 2.29 bits per heavy atom. The van der Waals surface area contributed by atoms with Crippen LogP contribution >= 0.6 is 11.6 Å². The third-order valence-electron chi connectivity index (χ3n) is 2.87. The highest BCUT2D eigenvalue weighted by Crippen LogP contribution is 2.16. The van der Waals surface area contributed by atoms with E-state index in [-0.39, 0.29) is 6.54 Å². The van der Waals surface area contributed by atoms with Gasteiger partial charge in [0.25, 0.3) is 5.56 Å². The molecule has 1 N–H and O–H groups in total. The molecule has 1 unspecified atom stereocenters. The molecule has 5 nitrogen and oxygen atoms in total. The lowest BCUT2D eigenvalue weighted by Gasteiger charge is -2.08. The zero-order valence-electron chi connectivity index (χ0n) is 9.04. The molecule has 2 rings (SSSR count). The Kier molecular flexibility index (Phi) is 3.63. The highest BCUT2D eigenvalue weighted by atomic mass is 35.5. The van der Waals surface area contributed by atoms with Crippen LogP contribution < -0.4 is 11.2 Å². The number of H-pyrrole nitrogens is 1. The molecule has 1 aromatic rings. The van der Waals surface area contributed by atoms with Gasteiger partial charge in [-0.2, -0.15) is 4.39 Å². The molecule has 1 aliphatic rings. The van der Waals surface area contributed by atoms with Crippen molar-refractivity contribution >= 4 is 11.6 Å². The van der Waals surface area contributed by atoms with Gasteiger partial charge in [0, 0.05) is 19.8 Å². The molecule has 0 bridgehead atoms. The van der Waals surface area contributed by atoms with Gasteiger partial charge in [0.1, 0.15) is 0 Å². The van der Waals surface area contributed by atoms with Crippen LogP contribution in [0.15, 0.2) is 9.59 Å². The first-order valence-corrected chi connectivity index (χ1v) is 5.73. The largest absolute Gasteiger partial charge is 0.381 e. The number of aromatic amines is 1. The fourth-order valence-corrected chi connectivity index (χ4v) is 2.01. The van der Waals surface area contributed by atoms with Crippen LogP contribution in [0.4, 0.5) is 4.39 Å². The van der Waals surface area contributed by atoms with Crippen molar-refractivity contribution in [2.45, 2.75) is 19.4 Å². The summed E-state index contributed by atoms with van der Waals surface area (Å²) in [5.41, 5.74) is -1.65. The third kappa shape index (κ3) is 2.58. The van der Waals surface area contributed by atoms with E-state index in [0.717, 1.165) is 11.0 Å². The summed E-state index contributed by atoms with van der Waals surface area (Å²) in [6, 6.07) is 0. The Morgan fingerprint density at radius 3 is 2.94 bits per heavy atom. The number of hydrogen-bond donors (Lipinski definition) is 1. The number of nitrogens with one attached hydrogen (secondary N) is 1. The number of halogens is 2. The first-order chi connectivity index (χ1) is 8.09. The molecule has 0 saturated carbocycles. The van der Waals surface area contributed by atoms with Crippen LogP contribution in [0.3, 0.4) is 0 Å². The fourth-order valence-electron chi connectivity index (χ4n) is 1.85. The number of rotatable bonds is 3. The van der Waals surface area contributed by atoms with Gasteiger partial charge >= 0.3 is 5.69 Å². The van der Waals surface area contributed by atoms with Gasteiger partial charge in [-0.1, -0.05) is 11.6 Å². The lowest BCUT2D eigenvalue weighted by Crippen LogP contribution is -2.37. The van der Waals surface area contributed by atoms with E-state index in [0.29, 0.717) is 25.6 Å². The number of ether oxygens (including phenoxy) is 1. The predicted molar refractivity (Wildman–Crippen MR) is 59.8 cm³/mol. The van der Waals surface area contributed by atoms with Gasteiger partial charge in [-0.25, -0.2) is 4.79 Å². The minimum atomic E-state index is -1.12. The van der Waals surface area contributed by atoms with Crippen LogP contribution in [0.1, 0.15) is 12.8 Å². The van der Waals surface area contributed by atoms with Gasteiger partial charge in [0.05, 0.1) is 0 Å². The molecule has 1 atom stereocenters. The molecule has 7 heteroatoms. The smallest absolute Gasteiger partial charge is 0.329 e. The van der Waals surface area contributed by atoms with E-state index in [4.69, 9.17) is 16.3 Å². The molecular weight excluding hydrogens is 251 g/mol. The zero-order chi connectivity index (χ0) is 12.4. The van der Waals surface area contributed by atoms with Crippen LogP contribution in [0.2, 0.25) is 5.15 Å². The SMILES string of the molecule is O=c1[nH]c(Cl)c(F)c(=O)n1CCC1CCOC1. The minimum absolute atomic E-state index is 0.177. The summed E-state index contributed by atoms with van der Waals surface area (Å²) >= 11 is 5.35. The van der Waals surface area contributed by atoms with Gasteiger partial charge in [-0.05, 0) is 18.8 Å². The van der Waals surface area contributed by atoms with Gasteiger partial charge < -0.3 is 4.74 Å². The lowest BCUT2D eigenvalue weighted by atomic mass is 10.1. The minimum Gasteiger partial charge on any atom is -0.381 e. The Hall–Kier alpha value is -1.14. The van der Waals surface area contributed by atoms with Gasteiger partial charge in [-0.3, -0.25) is 14.3 Å². The van der Waals surface area contributed by atoms with Crippen molar-refractivity contribution < 1.29 is 9.13 Å². The van der Waals surface area contributed by atoms with Crippen LogP contribution in [-0.4, -0.2) is 22.8 Å². The molecule has 1 saturated heterocycles. The summed E-state index contributed by atoms with van der Waals surface area (Å²) < 4.78 is 19.2. The maximum Gasteiger partial charge on any atom is 0.329 e. The molecule has 0 amide bonds. The molecule has 1 fully saturated rings. The van der Waals surface area contributed by atoms with E-state index in [1.165, 1.54) is 0 Å². The van der Waals surface area contributed by atoms with Crippen molar-refractivity contribution in [1.82, 2.24) is 9.55 Å². The molecule has 0 spiro atoms. The average molecular weight is 263 g/mol. The topological polar surface area (TPSA) is 64.1 Å². The first-order valence-electron chi connectivity index (χ1n) is 5.35. The molecule has 0 aliphatic carbocycles. The van der Waals surface area contributed by atoms with Crippen molar-refractivity contribution in [3.05, 3.63) is 31.8 Å². The highest BCUT2D eigenvalue weighted by molar-refractivity contribution is 6.29. The van der Waals surface area contributed by atoms with Crippen LogP contribution in [-0.2, 0) is 11.3 Å². The lowest BCUT2D eigenvalue weighted by molar-refractivity contribution is 0.183. The molecule has 0 aromatic carbocycles. The van der Waals surface area contributed by atoms with Crippen molar-refractivity contribution in [1.29, 1.82) is 0 Å². The van der Waals surface area contributed by atoms with E-state index in [9.17, 15) is 14.0 Å². The van der Waals surface area contributed by atoms with E-state index < -0.39 is 22.2 Å². The zero-order valence-corrected chi connectivity index (χ0v) is 9.80. The number of nitrogens with zero attached hydrogens (tertiary/aromatic N) is 1. The Bertz CT molecular complexity index is 519. The Balaban J connectivity index is 2.18. The maximum atomic E-state index is 13.2. The Labute approximate surface area is 101 Å². The average Bonchev–Trinajstić information content (AvgIpc) is 2.79. The fraction of sp³-hybridized carbons (Fsp3) is 0.600. The summed E-state index contributed by atoms with van der Waals surface area (Å²) in [7, 11) is 0. The van der Waals surface area contributed by atoms with Crippen molar-refractivity contribution in [2.24, 2.45) is 5.92 Å². The van der Waals surface area contributed by atoms with Crippen molar-refractivity contribution in [3.63, 3.8) is 0 Å². The van der Waals surface area contributed by atoms with Crippen molar-refractivity contribution in [2.75, 3.05) is 13.2 Å². The third-order valence-corrected chi connectivity index (χ3v) is 3.13. The van der Waals surface area contributed by atoms with E-state index in [1.54, 1.807) is 0 Å². The highest BCUT2D eigenvalue weighted by Gasteiger charge is 2.17. The molecule has 17 heavy (non-hydrogen) atoms. The molecule has 94 valence electrons. The summed E-state index contributed by atoms with van der Waals surface area (Å²) in [5, 5.41) is -0.541. The van der Waals surface area contributed by atoms with E-state index in [1.807, 2.05) is 0 Å². The van der Waals surface area contributed by atoms with Gasteiger partial charge in [0.2, 0.25) is 5.82 Å². The first kappa shape index (κ1) is 12.3. The molecule has 1 aliphatic heterocycles. The molecule has 1 aromatic heterocycles. The van der Waals surface area contributed by atoms with E-state index in [2.05, 4.69) is 4.98 Å². The van der Waals surface area contributed by atoms with Crippen LogP contribution in [0, 0.1) is 11.7 Å². The Morgan fingerprint density at radius 1 is 1.53 bits per heavy atom. The maximum absolute atomic E-state index is 13.2. The normalized spacial score (nSPS) is 19.8. The van der Waals surface area contributed by atoms with Gasteiger partial charge in [0.15, 0.2) is 5.15 Å². The summed E-state index contributed by atoms with van der Waals surface area (Å²) in [4.78, 5) is 25.0. The molecule has 0 radical (unpaired) electrons. The number of aromatic nitrogens is 2. The monoisotopic (exact) mass is 262 g/mol. The summed E-state index contributed by atoms with van der Waals surface area (Å²) in [6.45, 7) is 1.50. The molecular formula is C10H12ClFN2O3. The second kappa shape index (κ2) is 5.01. The standard InChI is InChI=1S/C10H12ClFN2O3/c11-8-7(12)9(15)14(10(16)13-8)3-1-6-2-4-17-5-6/h6H,1-5H2,(H,13,16). The summed E-state index contributed by atoms with van der Waals surface area (Å²) in [5.74, 6) is -0.797. The van der Waals surface area contributed by atoms with E-state index >= 15 is 0 Å². The predicted octanol–water partition coefficient (Wildman–Crippen LogP) is 0.756. The van der Waals surface area contributed by atoms with Gasteiger partial charge in [-0.15, -0.1) is 0 Å². The van der Waals surface area contributed by atoms with Crippen molar-refractivity contribution in [3.8, 4) is 0 Å². The van der Waals surface area contributed by atoms with Crippen LogP contribution in [0.25, 0.3) is 0 Å². The molecule has 2 heterocycles. The quantitative estimate of drug-likeness (QED) is 0.818. The van der Waals surface area contributed by atoms with Crippen LogP contribution in [0.5, 0.6) is 0 Å².